The maximum Gasteiger partial charge on any atom is 0.266 e. The lowest BCUT2D eigenvalue weighted by Crippen LogP contribution is -2.04. The van der Waals surface area contributed by atoms with Gasteiger partial charge in [0.2, 0.25) is 0 Å². The first kappa shape index (κ1) is 11.8. The molecule has 0 saturated heterocycles. The van der Waals surface area contributed by atoms with Crippen molar-refractivity contribution in [1.29, 1.82) is 0 Å². The van der Waals surface area contributed by atoms with E-state index in [9.17, 15) is 13.6 Å². The van der Waals surface area contributed by atoms with Crippen LogP contribution in [0.5, 0.6) is 5.75 Å². The van der Waals surface area contributed by atoms with E-state index in [1.54, 1.807) is 0 Å². The highest BCUT2D eigenvalue weighted by Crippen LogP contribution is 2.30. The average molecular weight is 236 g/mol. The fraction of sp³-hybridized carbons (Fsp3) is 0.333. The highest BCUT2D eigenvalue weighted by atomic mass is 35.5. The van der Waals surface area contributed by atoms with Gasteiger partial charge in [0, 0.05) is 0 Å². The van der Waals surface area contributed by atoms with E-state index in [0.29, 0.717) is 6.29 Å². The molecule has 0 aliphatic heterocycles. The molecule has 0 aliphatic carbocycles. The number of methoxy groups -OCH3 is 1. The molecule has 0 aliphatic rings. The quantitative estimate of drug-likeness (QED) is 0.595. The Morgan fingerprint density at radius 2 is 2.33 bits per heavy atom. The molecule has 0 spiro atoms. The molecule has 1 aromatic heterocycles. The lowest BCUT2D eigenvalue weighted by Gasteiger charge is -2.11. The number of carbonyl (C=O) groups excluding carboxylic acids is 1. The zero-order valence-electron chi connectivity index (χ0n) is 7.84. The summed E-state index contributed by atoms with van der Waals surface area (Å²) in [6.45, 7) is 0. The molecule has 0 bridgehead atoms. The molecular formula is C9H8ClF2NO2. The van der Waals surface area contributed by atoms with Gasteiger partial charge in [-0.05, 0) is 0 Å². The molecule has 0 atom stereocenters. The van der Waals surface area contributed by atoms with Gasteiger partial charge in [-0.2, -0.15) is 0 Å². The monoisotopic (exact) mass is 235 g/mol. The zero-order valence-corrected chi connectivity index (χ0v) is 8.59. The van der Waals surface area contributed by atoms with Crippen LogP contribution in [0.25, 0.3) is 0 Å². The van der Waals surface area contributed by atoms with Crippen molar-refractivity contribution in [3.8, 4) is 5.75 Å². The highest BCUT2D eigenvalue weighted by molar-refractivity contribution is 6.17. The second kappa shape index (κ2) is 5.02. The lowest BCUT2D eigenvalue weighted by atomic mass is 10.1. The van der Waals surface area contributed by atoms with Crippen LogP contribution in [0, 0.1) is 0 Å². The maximum absolute atomic E-state index is 12.7. The molecule has 15 heavy (non-hydrogen) atoms. The lowest BCUT2D eigenvalue weighted by molar-refractivity contribution is 0.110. The van der Waals surface area contributed by atoms with E-state index in [4.69, 9.17) is 16.3 Å². The van der Waals surface area contributed by atoms with Gasteiger partial charge in [0.15, 0.2) is 6.29 Å². The van der Waals surface area contributed by atoms with Crippen molar-refractivity contribution >= 4 is 17.9 Å². The van der Waals surface area contributed by atoms with E-state index in [1.165, 1.54) is 13.3 Å². The Bertz CT molecular complexity index is 371. The van der Waals surface area contributed by atoms with Crippen LogP contribution in [0.15, 0.2) is 6.20 Å². The summed E-state index contributed by atoms with van der Waals surface area (Å²) < 4.78 is 30.1. The van der Waals surface area contributed by atoms with Crippen molar-refractivity contribution in [3.63, 3.8) is 0 Å². The van der Waals surface area contributed by atoms with Crippen LogP contribution >= 0.6 is 11.6 Å². The molecule has 3 nitrogen and oxygen atoms in total. The summed E-state index contributed by atoms with van der Waals surface area (Å²) in [6, 6.07) is 0. The first-order chi connectivity index (χ1) is 7.15. The molecule has 0 radical (unpaired) electrons. The van der Waals surface area contributed by atoms with Crippen molar-refractivity contribution in [1.82, 2.24) is 4.98 Å². The molecule has 1 rings (SSSR count). The third-order valence-corrected chi connectivity index (χ3v) is 2.14. The van der Waals surface area contributed by atoms with Crippen molar-refractivity contribution in [2.45, 2.75) is 12.3 Å². The van der Waals surface area contributed by atoms with Gasteiger partial charge in [-0.3, -0.25) is 9.78 Å². The van der Waals surface area contributed by atoms with Crippen LogP contribution in [0.1, 0.15) is 28.0 Å². The summed E-state index contributed by atoms with van der Waals surface area (Å²) >= 11 is 5.45. The summed E-state index contributed by atoms with van der Waals surface area (Å²) in [7, 11) is 1.28. The van der Waals surface area contributed by atoms with E-state index in [-0.39, 0.29) is 22.9 Å². The Morgan fingerprint density at radius 1 is 1.67 bits per heavy atom. The fourth-order valence-corrected chi connectivity index (χ4v) is 1.41. The van der Waals surface area contributed by atoms with Crippen LogP contribution < -0.4 is 4.74 Å². The topological polar surface area (TPSA) is 39.2 Å². The largest absolute Gasteiger partial charge is 0.494 e. The number of alkyl halides is 3. The summed E-state index contributed by atoms with van der Waals surface area (Å²) in [4.78, 5) is 14.4. The highest BCUT2D eigenvalue weighted by Gasteiger charge is 2.21. The molecule has 82 valence electrons. The third-order valence-electron chi connectivity index (χ3n) is 1.89. The minimum atomic E-state index is -2.80. The van der Waals surface area contributed by atoms with Gasteiger partial charge >= 0.3 is 0 Å². The van der Waals surface area contributed by atoms with E-state index in [2.05, 4.69) is 4.98 Å². The van der Waals surface area contributed by atoms with Crippen LogP contribution in [0.3, 0.4) is 0 Å². The predicted molar refractivity (Wildman–Crippen MR) is 50.7 cm³/mol. The molecule has 0 aromatic carbocycles. The smallest absolute Gasteiger partial charge is 0.266 e. The summed E-state index contributed by atoms with van der Waals surface area (Å²) in [5.74, 6) is -0.154. The van der Waals surface area contributed by atoms with Crippen LogP contribution in [0.2, 0.25) is 0 Å². The Kier molecular flexibility index (Phi) is 3.96. The normalized spacial score (nSPS) is 10.5. The van der Waals surface area contributed by atoms with Gasteiger partial charge in [-0.25, -0.2) is 8.78 Å². The van der Waals surface area contributed by atoms with E-state index in [1.807, 2.05) is 0 Å². The minimum Gasteiger partial charge on any atom is -0.494 e. The molecular weight excluding hydrogens is 228 g/mol. The van der Waals surface area contributed by atoms with Gasteiger partial charge in [0.25, 0.3) is 6.43 Å². The molecule has 0 N–H and O–H groups in total. The van der Waals surface area contributed by atoms with Gasteiger partial charge < -0.3 is 4.74 Å². The van der Waals surface area contributed by atoms with Crippen molar-refractivity contribution in [3.05, 3.63) is 23.0 Å². The summed E-state index contributed by atoms with van der Waals surface area (Å²) in [6.07, 6.45) is -1.28. The molecule has 0 saturated carbocycles. The number of carbonyl (C=O) groups is 1. The number of hydrogen-bond acceptors (Lipinski definition) is 3. The minimum absolute atomic E-state index is 0.00503. The maximum atomic E-state index is 12.7. The van der Waals surface area contributed by atoms with Gasteiger partial charge in [-0.1, -0.05) is 0 Å². The number of aromatic nitrogens is 1. The van der Waals surface area contributed by atoms with Gasteiger partial charge in [0.1, 0.15) is 5.75 Å². The predicted octanol–water partition coefficient (Wildman–Crippen LogP) is 2.58. The molecule has 1 aromatic rings. The Labute approximate surface area is 90.0 Å². The zero-order chi connectivity index (χ0) is 11.4. The second-order valence-corrected chi connectivity index (χ2v) is 2.92. The summed E-state index contributed by atoms with van der Waals surface area (Å²) in [5.41, 5.74) is -0.660. The summed E-state index contributed by atoms with van der Waals surface area (Å²) in [5, 5.41) is 0. The van der Waals surface area contributed by atoms with Gasteiger partial charge in [0.05, 0.1) is 36.0 Å². The SMILES string of the molecule is COc1cnc(CCl)c(C(F)F)c1C=O. The Balaban J connectivity index is 3.44. The van der Waals surface area contributed by atoms with Crippen molar-refractivity contribution in [2.24, 2.45) is 0 Å². The first-order valence-electron chi connectivity index (χ1n) is 4.00. The average Bonchev–Trinajstić information content (AvgIpc) is 2.26. The molecule has 1 heterocycles. The molecule has 6 heteroatoms. The van der Waals surface area contributed by atoms with Crippen molar-refractivity contribution < 1.29 is 18.3 Å². The van der Waals surface area contributed by atoms with Crippen molar-refractivity contribution in [2.75, 3.05) is 7.11 Å². The fourth-order valence-electron chi connectivity index (χ4n) is 1.20. The number of ether oxygens (including phenoxy) is 1. The third kappa shape index (κ3) is 2.23. The molecule has 0 unspecified atom stereocenters. The van der Waals surface area contributed by atoms with Gasteiger partial charge in [-0.15, -0.1) is 11.6 Å². The number of halogens is 3. The number of aldehydes is 1. The molecule has 0 fully saturated rings. The van der Waals surface area contributed by atoms with Crippen LogP contribution in [-0.2, 0) is 5.88 Å². The number of nitrogens with zero attached hydrogens (tertiary/aromatic N) is 1. The number of rotatable bonds is 4. The second-order valence-electron chi connectivity index (χ2n) is 2.65. The number of hydrogen-bond donors (Lipinski definition) is 0. The van der Waals surface area contributed by atoms with E-state index in [0.717, 1.165) is 0 Å². The van der Waals surface area contributed by atoms with Crippen LogP contribution in [-0.4, -0.2) is 18.4 Å². The standard InChI is InChI=1S/C9H8ClF2NO2/c1-15-7-3-13-6(2-10)8(9(11)12)5(7)4-14/h3-4,9H,2H2,1H3. The van der Waals surface area contributed by atoms with E-state index < -0.39 is 12.0 Å². The van der Waals surface area contributed by atoms with Crippen LogP contribution in [0.4, 0.5) is 8.78 Å². The molecule has 0 amide bonds. The van der Waals surface area contributed by atoms with E-state index >= 15 is 0 Å². The first-order valence-corrected chi connectivity index (χ1v) is 4.54. The Morgan fingerprint density at radius 3 is 2.73 bits per heavy atom. The Hall–Kier alpha value is -1.23. The number of pyridine rings is 1.